The van der Waals surface area contributed by atoms with Crippen molar-refractivity contribution in [2.24, 2.45) is 10.8 Å². The Bertz CT molecular complexity index is 2990. The first-order valence-electron chi connectivity index (χ1n) is 23.1. The van der Waals surface area contributed by atoms with Crippen LogP contribution in [0, 0.1) is 10.8 Å². The smallest absolute Gasteiger partial charge is 0.252 e. The largest absolute Gasteiger partial charge is 0.311 e. The van der Waals surface area contributed by atoms with E-state index in [0.29, 0.717) is 0 Å². The summed E-state index contributed by atoms with van der Waals surface area (Å²) in [6, 6.07) is 56.6. The summed E-state index contributed by atoms with van der Waals surface area (Å²) in [4.78, 5) is 7.95. The van der Waals surface area contributed by atoms with Crippen molar-refractivity contribution in [3.8, 4) is 0 Å². The lowest BCUT2D eigenvalue weighted by molar-refractivity contribution is 0.243. The van der Waals surface area contributed by atoms with Crippen LogP contribution in [0.2, 0.25) is 0 Å². The van der Waals surface area contributed by atoms with Gasteiger partial charge < -0.3 is 14.7 Å². The summed E-state index contributed by atoms with van der Waals surface area (Å²) in [5.74, 6) is 0. The molecule has 2 atom stereocenters. The highest BCUT2D eigenvalue weighted by atomic mass is 15.2. The number of rotatable bonds is 3. The maximum atomic E-state index is 2.70. The molecular formula is C58H54BN3. The number of hydrogen-bond donors (Lipinski definition) is 0. The lowest BCUT2D eigenvalue weighted by Gasteiger charge is -2.47. The third-order valence-corrected chi connectivity index (χ3v) is 16.0. The Hall–Kier alpha value is -6.00. The van der Waals surface area contributed by atoms with E-state index >= 15 is 0 Å². The molecule has 0 N–H and O–H groups in total. The highest BCUT2D eigenvalue weighted by Gasteiger charge is 2.50. The molecule has 0 aromatic heterocycles. The van der Waals surface area contributed by atoms with E-state index in [1.165, 1.54) is 101 Å². The molecule has 8 bridgehead atoms. The number of benzene rings is 7. The number of hydrogen-bond acceptors (Lipinski definition) is 3. The van der Waals surface area contributed by atoms with Gasteiger partial charge in [0, 0.05) is 51.2 Å². The molecule has 4 heteroatoms. The van der Waals surface area contributed by atoms with Gasteiger partial charge in [-0.3, -0.25) is 0 Å². The Labute approximate surface area is 368 Å². The van der Waals surface area contributed by atoms with Crippen molar-refractivity contribution in [3.05, 3.63) is 179 Å². The molecule has 304 valence electrons. The molecule has 0 saturated carbocycles. The lowest BCUT2D eigenvalue weighted by Crippen LogP contribution is -2.61. The van der Waals surface area contributed by atoms with Crippen LogP contribution in [0.5, 0.6) is 0 Å². The summed E-state index contributed by atoms with van der Waals surface area (Å²) in [6.07, 6.45) is 6.67. The van der Waals surface area contributed by atoms with Crippen LogP contribution in [0.25, 0.3) is 0 Å². The molecule has 0 amide bonds. The van der Waals surface area contributed by atoms with Gasteiger partial charge in [-0.1, -0.05) is 120 Å². The van der Waals surface area contributed by atoms with Crippen molar-refractivity contribution in [1.29, 1.82) is 0 Å². The van der Waals surface area contributed by atoms with Crippen molar-refractivity contribution < 1.29 is 0 Å². The molecule has 4 aliphatic heterocycles. The predicted molar refractivity (Wildman–Crippen MR) is 261 cm³/mol. The predicted octanol–water partition coefficient (Wildman–Crippen LogP) is 12.8. The highest BCUT2D eigenvalue weighted by molar-refractivity contribution is 7.00. The maximum Gasteiger partial charge on any atom is 0.252 e. The topological polar surface area (TPSA) is 9.72 Å². The number of nitrogens with zero attached hydrogens (tertiary/aromatic N) is 3. The van der Waals surface area contributed by atoms with E-state index in [9.17, 15) is 0 Å². The second-order valence-corrected chi connectivity index (χ2v) is 21.8. The molecule has 0 fully saturated rings. The summed E-state index contributed by atoms with van der Waals surface area (Å²) in [6.45, 7) is 15.2. The first-order chi connectivity index (χ1) is 29.9. The molecular weight excluding hydrogens is 749 g/mol. The first-order valence-corrected chi connectivity index (χ1v) is 23.1. The lowest BCUT2D eigenvalue weighted by atomic mass is 9.33. The van der Waals surface area contributed by atoms with Gasteiger partial charge in [0.15, 0.2) is 0 Å². The molecule has 3 nitrogen and oxygen atoms in total. The minimum Gasteiger partial charge on any atom is -0.311 e. The van der Waals surface area contributed by atoms with Crippen LogP contribution in [0.1, 0.15) is 87.8 Å². The Balaban J connectivity index is 1.17. The number of anilines is 9. The fourth-order valence-corrected chi connectivity index (χ4v) is 14.1. The van der Waals surface area contributed by atoms with Gasteiger partial charge in [0.2, 0.25) is 0 Å². The summed E-state index contributed by atoms with van der Waals surface area (Å²) < 4.78 is 0. The van der Waals surface area contributed by atoms with Crippen LogP contribution in [0.3, 0.4) is 0 Å². The van der Waals surface area contributed by atoms with Gasteiger partial charge in [-0.05, 0) is 177 Å². The number of para-hydroxylation sites is 2. The molecule has 13 rings (SSSR count). The van der Waals surface area contributed by atoms with Crippen LogP contribution in [0.4, 0.5) is 51.2 Å². The minimum atomic E-state index is -0.133. The molecule has 0 saturated heterocycles. The monoisotopic (exact) mass is 803 g/mol. The summed E-state index contributed by atoms with van der Waals surface area (Å²) in [5, 5.41) is 0. The minimum absolute atomic E-state index is 0.0217. The van der Waals surface area contributed by atoms with Crippen molar-refractivity contribution in [2.75, 3.05) is 14.7 Å². The van der Waals surface area contributed by atoms with E-state index in [1.807, 2.05) is 0 Å². The summed E-state index contributed by atoms with van der Waals surface area (Å²) >= 11 is 0. The first kappa shape index (κ1) is 36.6. The third kappa shape index (κ3) is 5.07. The third-order valence-electron chi connectivity index (χ3n) is 16.0. The van der Waals surface area contributed by atoms with E-state index in [4.69, 9.17) is 0 Å². The molecule has 2 unspecified atom stereocenters. The zero-order chi connectivity index (χ0) is 41.9. The van der Waals surface area contributed by atoms with Crippen LogP contribution in [-0.2, 0) is 36.5 Å². The van der Waals surface area contributed by atoms with E-state index in [2.05, 4.69) is 202 Å². The molecule has 7 aromatic rings. The van der Waals surface area contributed by atoms with Crippen LogP contribution >= 0.6 is 0 Å². The molecule has 7 aromatic carbocycles. The summed E-state index contributed by atoms with van der Waals surface area (Å²) in [5.41, 5.74) is 25.0. The average molecular weight is 804 g/mol. The molecule has 6 aliphatic rings. The quantitative estimate of drug-likeness (QED) is 0.165. The van der Waals surface area contributed by atoms with E-state index < -0.39 is 0 Å². The fourth-order valence-electron chi connectivity index (χ4n) is 14.1. The van der Waals surface area contributed by atoms with Crippen molar-refractivity contribution in [2.45, 2.75) is 90.9 Å². The highest BCUT2D eigenvalue weighted by Crippen LogP contribution is 2.57. The van der Waals surface area contributed by atoms with Crippen LogP contribution in [0.15, 0.2) is 146 Å². The van der Waals surface area contributed by atoms with Crippen molar-refractivity contribution in [1.82, 2.24) is 0 Å². The van der Waals surface area contributed by atoms with Crippen molar-refractivity contribution in [3.63, 3.8) is 0 Å². The van der Waals surface area contributed by atoms with E-state index in [1.54, 1.807) is 0 Å². The zero-order valence-corrected chi connectivity index (χ0v) is 37.0. The van der Waals surface area contributed by atoms with E-state index in [0.717, 1.165) is 38.5 Å². The van der Waals surface area contributed by atoms with Gasteiger partial charge in [0.1, 0.15) is 0 Å². The van der Waals surface area contributed by atoms with E-state index in [-0.39, 0.29) is 28.4 Å². The van der Waals surface area contributed by atoms with Gasteiger partial charge in [0.05, 0.1) is 0 Å². The Kier molecular flexibility index (Phi) is 7.29. The fraction of sp³-hybridized carbons (Fsp3) is 0.276. The Morgan fingerprint density at radius 3 is 1.55 bits per heavy atom. The molecule has 0 radical (unpaired) electrons. The average Bonchev–Trinajstić information content (AvgIpc) is 3.78. The van der Waals surface area contributed by atoms with Gasteiger partial charge in [-0.15, -0.1) is 0 Å². The van der Waals surface area contributed by atoms with Gasteiger partial charge in [0.25, 0.3) is 6.71 Å². The Morgan fingerprint density at radius 2 is 0.968 bits per heavy atom. The Morgan fingerprint density at radius 1 is 0.452 bits per heavy atom. The van der Waals surface area contributed by atoms with Gasteiger partial charge in [-0.2, -0.15) is 0 Å². The van der Waals surface area contributed by atoms with Crippen molar-refractivity contribution >= 4 is 74.3 Å². The second-order valence-electron chi connectivity index (χ2n) is 21.8. The number of fused-ring (bicyclic) bond motifs is 10. The van der Waals surface area contributed by atoms with Gasteiger partial charge in [-0.25, -0.2) is 0 Å². The molecule has 4 heterocycles. The molecule has 0 spiro atoms. The van der Waals surface area contributed by atoms with Crippen LogP contribution in [-0.4, -0.2) is 6.71 Å². The second kappa shape index (κ2) is 12.3. The van der Waals surface area contributed by atoms with Crippen LogP contribution < -0.4 is 31.1 Å². The van der Waals surface area contributed by atoms with Gasteiger partial charge >= 0.3 is 0 Å². The maximum absolute atomic E-state index is 2.70. The normalized spacial score (nSPS) is 22.3. The SMILES string of the molecule is CC12Cc3cccc(c3C1)N1c3cc(ccc3B3c4cc(N(c5ccccc5)c5ccccc5)c5cc4N(c4cccc6c4CC(C)(C6)CC5(C)C)c4cccc1c43)C(C)(C)C2. The molecule has 2 aliphatic carbocycles. The standard InChI is InChI=1S/C58H54BN3/c1-55(2)35-57(5)31-37-16-13-22-47(42(37)33-57)61-49-24-15-25-50-54(49)59(45-27-26-39(55)28-52(45)61)46-30-51(60(40-18-9-7-10-19-40)41-20-11-8-12-21-41)44-29-53(46)62(50)48-23-14-17-38-32-58(6,34-43(38)48)36-56(44,3)4/h7-30H,31-36H2,1-6H3. The summed E-state index contributed by atoms with van der Waals surface area (Å²) in [7, 11) is 0. The zero-order valence-electron chi connectivity index (χ0n) is 37.0. The molecule has 62 heavy (non-hydrogen) atoms.